The van der Waals surface area contributed by atoms with Crippen LogP contribution in [0.4, 0.5) is 34.6 Å². The number of benzene rings is 2. The number of nitrogens with one attached hydrogen (secondary N) is 1. The first kappa shape index (κ1) is 13.8. The molecule has 0 spiro atoms. The second kappa shape index (κ2) is 5.16. The molecule has 0 aromatic heterocycles. The first-order valence-corrected chi connectivity index (χ1v) is 5.24. The molecule has 2 aromatic carbocycles. The highest BCUT2D eigenvalue weighted by atomic mass is 19.2. The molecule has 4 nitrogen and oxygen atoms in total. The molecule has 0 aliphatic rings. The summed E-state index contributed by atoms with van der Waals surface area (Å²) in [4.78, 5) is 9.73. The fourth-order valence-electron chi connectivity index (χ4n) is 1.57. The number of hydrogen-bond acceptors (Lipinski definition) is 3. The van der Waals surface area contributed by atoms with Crippen molar-refractivity contribution in [2.24, 2.45) is 0 Å². The molecular formula is C12H6F4N2O2. The van der Waals surface area contributed by atoms with Crippen molar-refractivity contribution < 1.29 is 22.5 Å². The lowest BCUT2D eigenvalue weighted by Crippen LogP contribution is -2.02. The fourth-order valence-corrected chi connectivity index (χ4v) is 1.57. The van der Waals surface area contributed by atoms with Crippen molar-refractivity contribution in [2.75, 3.05) is 5.32 Å². The molecule has 0 amide bonds. The van der Waals surface area contributed by atoms with E-state index in [1.54, 1.807) is 0 Å². The molecule has 0 bridgehead atoms. The van der Waals surface area contributed by atoms with Gasteiger partial charge in [-0.3, -0.25) is 10.1 Å². The Morgan fingerprint density at radius 1 is 0.900 bits per heavy atom. The second-order valence-electron chi connectivity index (χ2n) is 3.76. The van der Waals surface area contributed by atoms with E-state index >= 15 is 0 Å². The van der Waals surface area contributed by atoms with Gasteiger partial charge in [0.2, 0.25) is 5.82 Å². The summed E-state index contributed by atoms with van der Waals surface area (Å²) in [5, 5.41) is 12.9. The van der Waals surface area contributed by atoms with Crippen LogP contribution in [0.25, 0.3) is 0 Å². The van der Waals surface area contributed by atoms with E-state index < -0.39 is 39.6 Å². The predicted octanol–water partition coefficient (Wildman–Crippen LogP) is 3.89. The standard InChI is InChI=1S/C12H6F4N2O2/c13-6-2-1-3-10(12(6)18(19)20)17-11-5-8(15)7(14)4-9(11)16/h1-5,17H. The summed E-state index contributed by atoms with van der Waals surface area (Å²) in [6.45, 7) is 0. The van der Waals surface area contributed by atoms with Gasteiger partial charge in [-0.25, -0.2) is 13.2 Å². The number of rotatable bonds is 3. The van der Waals surface area contributed by atoms with Crippen LogP contribution in [0.15, 0.2) is 30.3 Å². The highest BCUT2D eigenvalue weighted by molar-refractivity contribution is 5.70. The molecule has 8 heteroatoms. The van der Waals surface area contributed by atoms with E-state index in [9.17, 15) is 27.7 Å². The average Bonchev–Trinajstić information content (AvgIpc) is 2.35. The van der Waals surface area contributed by atoms with Crippen LogP contribution in [0.5, 0.6) is 0 Å². The van der Waals surface area contributed by atoms with E-state index in [-0.39, 0.29) is 11.8 Å². The first-order chi connectivity index (χ1) is 9.40. The summed E-state index contributed by atoms with van der Waals surface area (Å²) in [6.07, 6.45) is 0. The third-order valence-corrected chi connectivity index (χ3v) is 2.45. The van der Waals surface area contributed by atoms with Crippen molar-refractivity contribution in [3.63, 3.8) is 0 Å². The van der Waals surface area contributed by atoms with Gasteiger partial charge in [-0.1, -0.05) is 6.07 Å². The third kappa shape index (κ3) is 2.53. The van der Waals surface area contributed by atoms with Crippen LogP contribution in [0.3, 0.4) is 0 Å². The van der Waals surface area contributed by atoms with Crippen molar-refractivity contribution in [3.05, 3.63) is 63.7 Å². The molecule has 0 heterocycles. The highest BCUT2D eigenvalue weighted by Gasteiger charge is 2.21. The summed E-state index contributed by atoms with van der Waals surface area (Å²) in [5.41, 5.74) is -1.84. The largest absolute Gasteiger partial charge is 0.347 e. The molecular weight excluding hydrogens is 280 g/mol. The van der Waals surface area contributed by atoms with Crippen molar-refractivity contribution in [2.45, 2.75) is 0 Å². The van der Waals surface area contributed by atoms with Gasteiger partial charge < -0.3 is 5.32 Å². The monoisotopic (exact) mass is 286 g/mol. The van der Waals surface area contributed by atoms with E-state index in [1.165, 1.54) is 0 Å². The lowest BCUT2D eigenvalue weighted by atomic mass is 10.2. The molecule has 0 aliphatic carbocycles. The van der Waals surface area contributed by atoms with Crippen LogP contribution >= 0.6 is 0 Å². The molecule has 0 radical (unpaired) electrons. The third-order valence-electron chi connectivity index (χ3n) is 2.45. The SMILES string of the molecule is O=[N+]([O-])c1c(F)cccc1Nc1cc(F)c(F)cc1F. The van der Waals surface area contributed by atoms with Gasteiger partial charge in [0.15, 0.2) is 11.6 Å². The summed E-state index contributed by atoms with van der Waals surface area (Å²) < 4.78 is 52.5. The molecule has 2 rings (SSSR count). The number of nitro benzene ring substituents is 1. The number of hydrogen-bond donors (Lipinski definition) is 1. The van der Waals surface area contributed by atoms with Gasteiger partial charge >= 0.3 is 5.69 Å². The normalized spacial score (nSPS) is 10.4. The predicted molar refractivity (Wildman–Crippen MR) is 62.7 cm³/mol. The van der Waals surface area contributed by atoms with Gasteiger partial charge in [-0.15, -0.1) is 0 Å². The summed E-state index contributed by atoms with van der Waals surface area (Å²) in [5.74, 6) is -5.04. The Hall–Kier alpha value is -2.64. The van der Waals surface area contributed by atoms with E-state index in [2.05, 4.69) is 5.32 Å². The minimum Gasteiger partial charge on any atom is -0.347 e. The number of nitro groups is 1. The maximum absolute atomic E-state index is 13.4. The summed E-state index contributed by atoms with van der Waals surface area (Å²) in [7, 11) is 0. The van der Waals surface area contributed by atoms with Crippen molar-refractivity contribution in [1.29, 1.82) is 0 Å². The highest BCUT2D eigenvalue weighted by Crippen LogP contribution is 2.31. The van der Waals surface area contributed by atoms with Crippen molar-refractivity contribution in [1.82, 2.24) is 0 Å². The van der Waals surface area contributed by atoms with Gasteiger partial charge in [-0.2, -0.15) is 4.39 Å². The lowest BCUT2D eigenvalue weighted by Gasteiger charge is -2.09. The Labute approximate surface area is 109 Å². The van der Waals surface area contributed by atoms with E-state index in [0.717, 1.165) is 18.2 Å². The Morgan fingerprint density at radius 2 is 1.55 bits per heavy atom. The van der Waals surface area contributed by atoms with Gasteiger partial charge in [-0.05, 0) is 12.1 Å². The lowest BCUT2D eigenvalue weighted by molar-refractivity contribution is -0.386. The number of anilines is 2. The second-order valence-corrected chi connectivity index (χ2v) is 3.76. The van der Waals surface area contributed by atoms with Crippen molar-refractivity contribution in [3.8, 4) is 0 Å². The topological polar surface area (TPSA) is 55.2 Å². The molecule has 0 fully saturated rings. The molecule has 1 N–H and O–H groups in total. The Bertz CT molecular complexity index is 691. The molecule has 20 heavy (non-hydrogen) atoms. The van der Waals surface area contributed by atoms with Crippen LogP contribution in [-0.2, 0) is 0 Å². The van der Waals surface area contributed by atoms with Crippen LogP contribution < -0.4 is 5.32 Å². The zero-order valence-electron chi connectivity index (χ0n) is 9.66. The zero-order chi connectivity index (χ0) is 14.9. The summed E-state index contributed by atoms with van der Waals surface area (Å²) in [6, 6.07) is 3.89. The Kier molecular flexibility index (Phi) is 3.55. The molecule has 0 atom stereocenters. The van der Waals surface area contributed by atoms with Gasteiger partial charge in [0.05, 0.1) is 10.6 Å². The van der Waals surface area contributed by atoms with Gasteiger partial charge in [0.25, 0.3) is 0 Å². The minimum atomic E-state index is -1.40. The van der Waals surface area contributed by atoms with E-state index in [1.807, 2.05) is 0 Å². The maximum atomic E-state index is 13.4. The fraction of sp³-hybridized carbons (Fsp3) is 0. The molecule has 2 aromatic rings. The number of para-hydroxylation sites is 1. The van der Waals surface area contributed by atoms with Gasteiger partial charge in [0, 0.05) is 12.1 Å². The van der Waals surface area contributed by atoms with Crippen LogP contribution in [0.1, 0.15) is 0 Å². The first-order valence-electron chi connectivity index (χ1n) is 5.24. The van der Waals surface area contributed by atoms with Gasteiger partial charge in [0.1, 0.15) is 11.5 Å². The van der Waals surface area contributed by atoms with Crippen LogP contribution in [0, 0.1) is 33.4 Å². The quantitative estimate of drug-likeness (QED) is 0.403. The van der Waals surface area contributed by atoms with Crippen LogP contribution in [-0.4, -0.2) is 4.92 Å². The average molecular weight is 286 g/mol. The molecule has 104 valence electrons. The van der Waals surface area contributed by atoms with Crippen LogP contribution in [0.2, 0.25) is 0 Å². The molecule has 0 unspecified atom stereocenters. The summed E-state index contributed by atoms with van der Waals surface area (Å²) >= 11 is 0. The molecule has 0 aliphatic heterocycles. The van der Waals surface area contributed by atoms with E-state index in [4.69, 9.17) is 0 Å². The number of halogens is 4. The molecule has 0 saturated carbocycles. The maximum Gasteiger partial charge on any atom is 0.327 e. The Balaban J connectivity index is 2.48. The minimum absolute atomic E-state index is 0.281. The van der Waals surface area contributed by atoms with E-state index in [0.29, 0.717) is 6.07 Å². The van der Waals surface area contributed by atoms with Crippen molar-refractivity contribution >= 4 is 17.1 Å². The molecule has 0 saturated heterocycles. The Morgan fingerprint density at radius 3 is 2.20 bits per heavy atom. The number of nitrogens with zero attached hydrogens (tertiary/aromatic N) is 1. The smallest absolute Gasteiger partial charge is 0.327 e. The zero-order valence-corrected chi connectivity index (χ0v) is 9.66.